The Hall–Kier alpha value is -1.72. The van der Waals surface area contributed by atoms with Gasteiger partial charge in [-0.3, -0.25) is 9.69 Å². The molecule has 2 N–H and O–H groups in total. The molecule has 1 aromatic heterocycles. The molecule has 2 aliphatic rings. The number of fused-ring (bicyclic) bond motifs is 1. The molecule has 1 aliphatic carbocycles. The maximum Gasteiger partial charge on any atom is 0.258 e. The highest BCUT2D eigenvalue weighted by molar-refractivity contribution is 5.77. The van der Waals surface area contributed by atoms with Gasteiger partial charge >= 0.3 is 0 Å². The van der Waals surface area contributed by atoms with E-state index >= 15 is 0 Å². The van der Waals surface area contributed by atoms with E-state index in [9.17, 15) is 9.90 Å². The monoisotopic (exact) mass is 341 g/mol. The van der Waals surface area contributed by atoms with Gasteiger partial charge in [-0.2, -0.15) is 0 Å². The molecule has 0 radical (unpaired) electrons. The van der Waals surface area contributed by atoms with Crippen molar-refractivity contribution >= 4 is 10.9 Å². The molecule has 2 heterocycles. The van der Waals surface area contributed by atoms with E-state index in [4.69, 9.17) is 0 Å². The Morgan fingerprint density at radius 2 is 2.00 bits per heavy atom. The van der Waals surface area contributed by atoms with Crippen LogP contribution >= 0.6 is 0 Å². The van der Waals surface area contributed by atoms with Gasteiger partial charge in [0.2, 0.25) is 0 Å². The third kappa shape index (κ3) is 3.48. The van der Waals surface area contributed by atoms with Crippen molar-refractivity contribution in [1.29, 1.82) is 0 Å². The Morgan fingerprint density at radius 3 is 2.88 bits per heavy atom. The Labute approximate surface area is 148 Å². The number of H-pyrrole nitrogens is 1. The van der Waals surface area contributed by atoms with Crippen LogP contribution in [0.25, 0.3) is 10.9 Å². The van der Waals surface area contributed by atoms with Crippen LogP contribution in [-0.2, 0) is 6.42 Å². The van der Waals surface area contributed by atoms with Gasteiger partial charge in [-0.05, 0) is 44.4 Å². The second-order valence-corrected chi connectivity index (χ2v) is 7.54. The predicted molar refractivity (Wildman–Crippen MR) is 98.6 cm³/mol. The molecular weight excluding hydrogens is 314 g/mol. The van der Waals surface area contributed by atoms with Crippen molar-refractivity contribution < 1.29 is 5.11 Å². The average Bonchev–Trinajstić information content (AvgIpc) is 3.09. The van der Waals surface area contributed by atoms with Crippen molar-refractivity contribution in [1.82, 2.24) is 14.9 Å². The number of hydrogen-bond donors (Lipinski definition) is 2. The maximum atomic E-state index is 12.2. The van der Waals surface area contributed by atoms with Gasteiger partial charge in [0.15, 0.2) is 0 Å². The van der Waals surface area contributed by atoms with Gasteiger partial charge in [0, 0.05) is 24.9 Å². The molecule has 2 aromatic rings. The lowest BCUT2D eigenvalue weighted by Crippen LogP contribution is -2.43. The summed E-state index contributed by atoms with van der Waals surface area (Å²) in [6.45, 7) is 1.99. The highest BCUT2D eigenvalue weighted by atomic mass is 16.3. The average molecular weight is 341 g/mol. The number of para-hydroxylation sites is 1. The second kappa shape index (κ2) is 7.26. The fourth-order valence-corrected chi connectivity index (χ4v) is 4.71. The van der Waals surface area contributed by atoms with Crippen molar-refractivity contribution in [3.8, 4) is 0 Å². The summed E-state index contributed by atoms with van der Waals surface area (Å²) in [7, 11) is 0. The van der Waals surface area contributed by atoms with E-state index in [1.54, 1.807) is 0 Å². The number of rotatable bonds is 4. The van der Waals surface area contributed by atoms with Crippen LogP contribution in [-0.4, -0.2) is 45.2 Å². The minimum atomic E-state index is -0.141. The van der Waals surface area contributed by atoms with Crippen molar-refractivity contribution in [2.24, 2.45) is 5.92 Å². The first-order valence-electron chi connectivity index (χ1n) is 9.62. The third-order valence-corrected chi connectivity index (χ3v) is 5.99. The number of aromatic nitrogens is 2. The maximum absolute atomic E-state index is 12.2. The van der Waals surface area contributed by atoms with Gasteiger partial charge < -0.3 is 10.1 Å². The molecule has 3 atom stereocenters. The van der Waals surface area contributed by atoms with E-state index < -0.39 is 0 Å². The van der Waals surface area contributed by atoms with Crippen LogP contribution in [0.3, 0.4) is 0 Å². The number of nitrogens with one attached hydrogen (secondary N) is 1. The number of aliphatic hydroxyl groups excluding tert-OH is 1. The van der Waals surface area contributed by atoms with E-state index in [0.29, 0.717) is 17.3 Å². The Balaban J connectivity index is 1.46. The van der Waals surface area contributed by atoms with Crippen LogP contribution in [0.4, 0.5) is 0 Å². The number of hydrogen-bond acceptors (Lipinski definition) is 4. The number of aromatic amines is 1. The molecule has 5 heteroatoms. The Kier molecular flexibility index (Phi) is 4.86. The molecule has 4 rings (SSSR count). The fourth-order valence-electron chi connectivity index (χ4n) is 4.71. The number of likely N-dealkylation sites (tertiary alicyclic amines) is 1. The molecule has 2 fully saturated rings. The van der Waals surface area contributed by atoms with Crippen LogP contribution in [0, 0.1) is 5.92 Å². The van der Waals surface area contributed by atoms with E-state index in [-0.39, 0.29) is 11.7 Å². The highest BCUT2D eigenvalue weighted by Crippen LogP contribution is 2.34. The van der Waals surface area contributed by atoms with Crippen molar-refractivity contribution in [3.63, 3.8) is 0 Å². The van der Waals surface area contributed by atoms with Crippen LogP contribution in [0.15, 0.2) is 29.1 Å². The number of aliphatic hydroxyl groups is 1. The molecule has 1 saturated carbocycles. The zero-order valence-electron chi connectivity index (χ0n) is 14.7. The van der Waals surface area contributed by atoms with E-state index in [0.717, 1.165) is 50.1 Å². The molecule has 1 saturated heterocycles. The molecule has 0 spiro atoms. The molecule has 134 valence electrons. The topological polar surface area (TPSA) is 69.2 Å². The first kappa shape index (κ1) is 16.7. The smallest absolute Gasteiger partial charge is 0.258 e. The van der Waals surface area contributed by atoms with Crippen LogP contribution in [0.1, 0.15) is 44.3 Å². The van der Waals surface area contributed by atoms with Crippen LogP contribution < -0.4 is 5.56 Å². The normalized spacial score (nSPS) is 27.8. The van der Waals surface area contributed by atoms with Gasteiger partial charge in [0.1, 0.15) is 5.82 Å². The lowest BCUT2D eigenvalue weighted by molar-refractivity contribution is 0.0224. The summed E-state index contributed by atoms with van der Waals surface area (Å²) in [5, 5.41) is 11.0. The summed E-state index contributed by atoms with van der Waals surface area (Å²) in [6, 6.07) is 7.97. The molecule has 1 aliphatic heterocycles. The first-order chi connectivity index (χ1) is 12.2. The molecule has 0 bridgehead atoms. The quantitative estimate of drug-likeness (QED) is 0.896. The zero-order valence-corrected chi connectivity index (χ0v) is 14.7. The van der Waals surface area contributed by atoms with Gasteiger partial charge in [-0.1, -0.05) is 25.0 Å². The fraction of sp³-hybridized carbons (Fsp3) is 0.600. The third-order valence-electron chi connectivity index (χ3n) is 5.99. The predicted octanol–water partition coefficient (Wildman–Crippen LogP) is 2.48. The van der Waals surface area contributed by atoms with E-state index in [2.05, 4.69) is 14.9 Å². The Bertz CT molecular complexity index is 788. The van der Waals surface area contributed by atoms with E-state index in [1.165, 1.54) is 19.3 Å². The molecule has 5 nitrogen and oxygen atoms in total. The molecule has 1 aromatic carbocycles. The summed E-state index contributed by atoms with van der Waals surface area (Å²) >= 11 is 0. The highest BCUT2D eigenvalue weighted by Gasteiger charge is 2.36. The minimum Gasteiger partial charge on any atom is -0.393 e. The molecule has 3 unspecified atom stereocenters. The second-order valence-electron chi connectivity index (χ2n) is 7.54. The standard InChI is InChI=1S/C20H27N3O2/c24-18-10-4-2-7-15(18)17-9-5-12-23(17)13-11-19-21-16-8-3-1-6-14(16)20(25)22-19/h1,3,6,8,15,17-18,24H,2,4-5,7,9-13H2,(H,21,22,25). The lowest BCUT2D eigenvalue weighted by Gasteiger charge is -2.37. The van der Waals surface area contributed by atoms with Crippen LogP contribution in [0.5, 0.6) is 0 Å². The van der Waals surface area contributed by atoms with Crippen molar-refractivity contribution in [2.45, 2.75) is 57.1 Å². The van der Waals surface area contributed by atoms with Crippen LogP contribution in [0.2, 0.25) is 0 Å². The summed E-state index contributed by atoms with van der Waals surface area (Å²) in [4.78, 5) is 22.3. The Morgan fingerprint density at radius 1 is 1.16 bits per heavy atom. The number of benzene rings is 1. The molecule has 0 amide bonds. The van der Waals surface area contributed by atoms with E-state index in [1.807, 2.05) is 24.3 Å². The van der Waals surface area contributed by atoms with Gasteiger partial charge in [-0.15, -0.1) is 0 Å². The SMILES string of the molecule is O=c1[nH]c(CCN2CCCC2C2CCCCC2O)nc2ccccc12. The summed E-state index contributed by atoms with van der Waals surface area (Å²) in [5.74, 6) is 1.18. The van der Waals surface area contributed by atoms with Crippen molar-refractivity contribution in [3.05, 3.63) is 40.4 Å². The largest absolute Gasteiger partial charge is 0.393 e. The summed E-state index contributed by atoms with van der Waals surface area (Å²) in [6.07, 6.45) is 7.50. The van der Waals surface area contributed by atoms with Gasteiger partial charge in [0.25, 0.3) is 5.56 Å². The minimum absolute atomic E-state index is 0.0544. The van der Waals surface area contributed by atoms with Crippen molar-refractivity contribution in [2.75, 3.05) is 13.1 Å². The first-order valence-corrected chi connectivity index (χ1v) is 9.62. The molecular formula is C20H27N3O2. The van der Waals surface area contributed by atoms with Gasteiger partial charge in [-0.25, -0.2) is 4.98 Å². The number of nitrogens with zero attached hydrogens (tertiary/aromatic N) is 2. The molecule has 25 heavy (non-hydrogen) atoms. The summed E-state index contributed by atoms with van der Waals surface area (Å²) in [5.41, 5.74) is 0.711. The van der Waals surface area contributed by atoms with Gasteiger partial charge in [0.05, 0.1) is 17.0 Å². The zero-order chi connectivity index (χ0) is 17.2. The lowest BCUT2D eigenvalue weighted by atomic mass is 9.80. The summed E-state index contributed by atoms with van der Waals surface area (Å²) < 4.78 is 0.